The average Bonchev–Trinajstić information content (AvgIpc) is 2.15. The zero-order valence-corrected chi connectivity index (χ0v) is 9.50. The van der Waals surface area contributed by atoms with Crippen LogP contribution in [0, 0.1) is 0 Å². The van der Waals surface area contributed by atoms with E-state index in [4.69, 9.17) is 9.47 Å². The molecule has 0 bridgehead atoms. The fourth-order valence-electron chi connectivity index (χ4n) is 0.926. The molecule has 78 valence electrons. The molecule has 0 saturated heterocycles. The third kappa shape index (κ3) is 3.76. The number of methoxy groups -OCH3 is 2. The fraction of sp³-hybridized carbons (Fsp3) is 0.250. The molecule has 0 saturated carbocycles. The first-order valence-corrected chi connectivity index (χ1v) is 5.07. The van der Waals surface area contributed by atoms with Crippen molar-refractivity contribution in [1.82, 2.24) is 0 Å². The molecule has 5 nitrogen and oxygen atoms in total. The van der Waals surface area contributed by atoms with Crippen molar-refractivity contribution >= 4 is 10.1 Å². The second kappa shape index (κ2) is 5.42. The van der Waals surface area contributed by atoms with Crippen molar-refractivity contribution in [3.05, 3.63) is 18.2 Å². The van der Waals surface area contributed by atoms with Gasteiger partial charge in [0.15, 0.2) is 0 Å². The maximum Gasteiger partial charge on any atom is 1.00 e. The normalized spacial score (nSPS) is 10.3. The van der Waals surface area contributed by atoms with Crippen LogP contribution in [0.5, 0.6) is 11.5 Å². The van der Waals surface area contributed by atoms with Crippen molar-refractivity contribution in [2.75, 3.05) is 14.2 Å². The van der Waals surface area contributed by atoms with Gasteiger partial charge in [0.05, 0.1) is 19.1 Å². The van der Waals surface area contributed by atoms with E-state index in [2.05, 4.69) is 0 Å². The van der Waals surface area contributed by atoms with E-state index in [9.17, 15) is 13.0 Å². The van der Waals surface area contributed by atoms with Crippen molar-refractivity contribution in [3.8, 4) is 11.5 Å². The Labute approximate surface area is 100 Å². The second-order valence-corrected chi connectivity index (χ2v) is 3.88. The fourth-order valence-corrected chi connectivity index (χ4v) is 1.45. The van der Waals surface area contributed by atoms with Gasteiger partial charge in [0.2, 0.25) is 0 Å². The first kappa shape index (κ1) is 14.3. The van der Waals surface area contributed by atoms with E-state index >= 15 is 0 Å². The standard InChI is InChI=1S/C8H10O5S.Li/c1-12-6-3-7(13-2)5-8(4-6)14(9,10)11;/h3-5H,1-2H3,(H,9,10,11);/q;+1/p-1. The molecule has 1 aromatic rings. The van der Waals surface area contributed by atoms with Crippen molar-refractivity contribution in [1.29, 1.82) is 0 Å². The summed E-state index contributed by atoms with van der Waals surface area (Å²) in [4.78, 5) is -0.367. The van der Waals surface area contributed by atoms with E-state index < -0.39 is 10.1 Å². The third-order valence-corrected chi connectivity index (χ3v) is 2.43. The number of hydrogen-bond donors (Lipinski definition) is 0. The summed E-state index contributed by atoms with van der Waals surface area (Å²) in [6.07, 6.45) is 0. The number of ether oxygens (including phenoxy) is 2. The first-order valence-electron chi connectivity index (χ1n) is 3.66. The van der Waals surface area contributed by atoms with Crippen LogP contribution in [0.25, 0.3) is 0 Å². The van der Waals surface area contributed by atoms with Crippen LogP contribution in [-0.4, -0.2) is 27.2 Å². The van der Waals surface area contributed by atoms with Crippen molar-refractivity contribution in [3.63, 3.8) is 0 Å². The Morgan fingerprint density at radius 1 is 1.07 bits per heavy atom. The minimum absolute atomic E-state index is 0. The average molecular weight is 224 g/mol. The van der Waals surface area contributed by atoms with Gasteiger partial charge in [-0.1, -0.05) is 0 Å². The molecule has 0 aliphatic carbocycles. The molecule has 0 unspecified atom stereocenters. The molecule has 7 heteroatoms. The molecule has 0 atom stereocenters. The Bertz CT molecular complexity index is 406. The Morgan fingerprint density at radius 3 is 1.73 bits per heavy atom. The molecule has 1 aromatic carbocycles. The summed E-state index contributed by atoms with van der Waals surface area (Å²) >= 11 is 0. The topological polar surface area (TPSA) is 75.7 Å². The number of hydrogen-bond acceptors (Lipinski definition) is 5. The molecule has 0 radical (unpaired) electrons. The van der Waals surface area contributed by atoms with Crippen LogP contribution in [0.2, 0.25) is 0 Å². The molecular weight excluding hydrogens is 215 g/mol. The molecule has 0 aromatic heterocycles. The molecule has 0 spiro atoms. The van der Waals surface area contributed by atoms with Crippen molar-refractivity contribution in [2.45, 2.75) is 4.90 Å². The second-order valence-electron chi connectivity index (χ2n) is 2.50. The maximum absolute atomic E-state index is 10.7. The minimum Gasteiger partial charge on any atom is -0.744 e. The summed E-state index contributed by atoms with van der Waals surface area (Å²) in [7, 11) is -1.74. The van der Waals surface area contributed by atoms with Gasteiger partial charge in [0.25, 0.3) is 0 Å². The number of benzene rings is 1. The third-order valence-electron chi connectivity index (χ3n) is 1.61. The van der Waals surface area contributed by atoms with E-state index in [-0.39, 0.29) is 35.3 Å². The van der Waals surface area contributed by atoms with Crippen molar-refractivity contribution in [2.24, 2.45) is 0 Å². The predicted octanol–water partition coefficient (Wildman–Crippen LogP) is -2.39. The quantitative estimate of drug-likeness (QED) is 0.423. The Morgan fingerprint density at radius 2 is 1.47 bits per heavy atom. The molecular formula is C8H9LiO5S. The molecule has 0 aliphatic rings. The zero-order chi connectivity index (χ0) is 10.8. The molecule has 0 fully saturated rings. The summed E-state index contributed by atoms with van der Waals surface area (Å²) in [6, 6.07) is 3.77. The van der Waals surface area contributed by atoms with Gasteiger partial charge in [-0.2, -0.15) is 0 Å². The predicted molar refractivity (Wildman–Crippen MR) is 47.5 cm³/mol. The molecule has 0 heterocycles. The molecule has 0 N–H and O–H groups in total. The monoisotopic (exact) mass is 224 g/mol. The van der Waals surface area contributed by atoms with E-state index in [1.54, 1.807) is 0 Å². The Hall–Kier alpha value is -0.673. The van der Waals surface area contributed by atoms with Gasteiger partial charge in [0, 0.05) is 6.07 Å². The summed E-state index contributed by atoms with van der Waals surface area (Å²) in [6.45, 7) is 0. The molecule has 0 amide bonds. The Kier molecular flexibility index (Phi) is 5.18. The molecule has 1 rings (SSSR count). The van der Waals surface area contributed by atoms with Crippen LogP contribution < -0.4 is 28.3 Å². The maximum atomic E-state index is 10.7. The van der Waals surface area contributed by atoms with E-state index in [0.29, 0.717) is 0 Å². The van der Waals surface area contributed by atoms with Gasteiger partial charge in [-0.15, -0.1) is 0 Å². The van der Waals surface area contributed by atoms with Crippen LogP contribution in [0.15, 0.2) is 23.1 Å². The van der Waals surface area contributed by atoms with Gasteiger partial charge in [0.1, 0.15) is 21.6 Å². The van der Waals surface area contributed by atoms with Crippen LogP contribution in [-0.2, 0) is 10.1 Å². The SMILES string of the molecule is COc1cc(OC)cc(S(=O)(=O)[O-])c1.[Li+]. The van der Waals surface area contributed by atoms with Gasteiger partial charge >= 0.3 is 18.9 Å². The number of rotatable bonds is 3. The summed E-state index contributed by atoms with van der Waals surface area (Å²) in [5.41, 5.74) is 0. The largest absolute Gasteiger partial charge is 1.00 e. The molecule has 15 heavy (non-hydrogen) atoms. The van der Waals surface area contributed by atoms with Crippen LogP contribution >= 0.6 is 0 Å². The minimum atomic E-state index is -4.48. The van der Waals surface area contributed by atoms with Crippen LogP contribution in [0.1, 0.15) is 0 Å². The Balaban J connectivity index is 0.00000196. The molecule has 0 aliphatic heterocycles. The van der Waals surface area contributed by atoms with Crippen LogP contribution in [0.3, 0.4) is 0 Å². The van der Waals surface area contributed by atoms with E-state index in [1.165, 1.54) is 20.3 Å². The first-order chi connectivity index (χ1) is 6.47. The van der Waals surface area contributed by atoms with Gasteiger partial charge in [-0.05, 0) is 12.1 Å². The van der Waals surface area contributed by atoms with Gasteiger partial charge < -0.3 is 14.0 Å². The zero-order valence-electron chi connectivity index (χ0n) is 8.68. The van der Waals surface area contributed by atoms with Gasteiger partial charge in [-0.3, -0.25) is 0 Å². The van der Waals surface area contributed by atoms with E-state index in [0.717, 1.165) is 12.1 Å². The smallest absolute Gasteiger partial charge is 0.744 e. The van der Waals surface area contributed by atoms with Crippen molar-refractivity contribution < 1.29 is 41.3 Å². The van der Waals surface area contributed by atoms with Crippen LogP contribution in [0.4, 0.5) is 0 Å². The summed E-state index contributed by atoms with van der Waals surface area (Å²) in [5.74, 6) is 0.526. The van der Waals surface area contributed by atoms with E-state index in [1.807, 2.05) is 0 Å². The summed E-state index contributed by atoms with van der Waals surface area (Å²) < 4.78 is 41.7. The van der Waals surface area contributed by atoms with Gasteiger partial charge in [-0.25, -0.2) is 8.42 Å². The summed E-state index contributed by atoms with van der Waals surface area (Å²) in [5, 5.41) is 0.